The van der Waals surface area contributed by atoms with Gasteiger partial charge >= 0.3 is 6.09 Å². The van der Waals surface area contributed by atoms with Crippen LogP contribution in [0.15, 0.2) is 24.3 Å². The molecule has 0 saturated carbocycles. The van der Waals surface area contributed by atoms with Crippen molar-refractivity contribution in [2.75, 3.05) is 19.6 Å². The first-order valence-corrected chi connectivity index (χ1v) is 7.11. The Morgan fingerprint density at radius 3 is 3.00 bits per heavy atom. The molecular formula is C15H19FN2O2. The summed E-state index contributed by atoms with van der Waals surface area (Å²) in [5.41, 5.74) is 0.152. The second kappa shape index (κ2) is 5.40. The quantitative estimate of drug-likeness (QED) is 0.902. The summed E-state index contributed by atoms with van der Waals surface area (Å²) in [7, 11) is 0. The van der Waals surface area contributed by atoms with Crippen molar-refractivity contribution in [3.05, 3.63) is 35.6 Å². The minimum absolute atomic E-state index is 0.274. The standard InChI is InChI=1S/C15H19FN2O2/c16-13-5-2-1-4-12(13)10-18-11-15(20-14(18)19)6-3-8-17-9-7-15/h1-2,4-5,17H,3,6-11H2. The molecule has 1 N–H and O–H groups in total. The number of halogens is 1. The van der Waals surface area contributed by atoms with Gasteiger partial charge in [0.2, 0.25) is 0 Å². The van der Waals surface area contributed by atoms with Crippen molar-refractivity contribution in [2.24, 2.45) is 0 Å². The zero-order valence-corrected chi connectivity index (χ0v) is 11.4. The number of carbonyl (C=O) groups excluding carboxylic acids is 1. The van der Waals surface area contributed by atoms with Gasteiger partial charge < -0.3 is 10.1 Å². The maximum atomic E-state index is 13.7. The van der Waals surface area contributed by atoms with Crippen LogP contribution in [0.3, 0.4) is 0 Å². The SMILES string of the molecule is O=C1OC2(CCCNCC2)CN1Cc1ccccc1F. The monoisotopic (exact) mass is 278 g/mol. The van der Waals surface area contributed by atoms with Gasteiger partial charge in [0.05, 0.1) is 13.1 Å². The smallest absolute Gasteiger partial charge is 0.410 e. The molecule has 5 heteroatoms. The molecule has 2 saturated heterocycles. The Kier molecular flexibility index (Phi) is 3.61. The van der Waals surface area contributed by atoms with Crippen LogP contribution in [0.2, 0.25) is 0 Å². The summed E-state index contributed by atoms with van der Waals surface area (Å²) in [6.07, 6.45) is 2.38. The zero-order valence-electron chi connectivity index (χ0n) is 11.4. The van der Waals surface area contributed by atoms with E-state index in [1.165, 1.54) is 6.07 Å². The van der Waals surface area contributed by atoms with Gasteiger partial charge in [0.1, 0.15) is 11.4 Å². The summed E-state index contributed by atoms with van der Waals surface area (Å²) < 4.78 is 19.3. The molecule has 1 aromatic carbocycles. The van der Waals surface area contributed by atoms with Gasteiger partial charge in [-0.1, -0.05) is 18.2 Å². The van der Waals surface area contributed by atoms with Crippen molar-refractivity contribution in [3.8, 4) is 0 Å². The summed E-state index contributed by atoms with van der Waals surface area (Å²) in [5.74, 6) is -0.274. The lowest BCUT2D eigenvalue weighted by Crippen LogP contribution is -2.35. The van der Waals surface area contributed by atoms with E-state index in [-0.39, 0.29) is 24.1 Å². The number of rotatable bonds is 2. The van der Waals surface area contributed by atoms with Gasteiger partial charge in [0.25, 0.3) is 0 Å². The van der Waals surface area contributed by atoms with Crippen LogP contribution in [0, 0.1) is 5.82 Å². The van der Waals surface area contributed by atoms with Crippen molar-refractivity contribution in [3.63, 3.8) is 0 Å². The normalized spacial score (nSPS) is 26.6. The molecule has 0 radical (unpaired) electrons. The van der Waals surface area contributed by atoms with Crippen LogP contribution < -0.4 is 5.32 Å². The van der Waals surface area contributed by atoms with E-state index in [2.05, 4.69) is 5.32 Å². The largest absolute Gasteiger partial charge is 0.441 e. The summed E-state index contributed by atoms with van der Waals surface area (Å²) in [6, 6.07) is 6.56. The molecule has 1 aromatic rings. The molecule has 1 unspecified atom stereocenters. The molecule has 3 rings (SSSR count). The van der Waals surface area contributed by atoms with Crippen LogP contribution in [-0.4, -0.2) is 36.2 Å². The van der Waals surface area contributed by atoms with Crippen LogP contribution in [0.1, 0.15) is 24.8 Å². The lowest BCUT2D eigenvalue weighted by molar-refractivity contribution is 0.0469. The first-order chi connectivity index (χ1) is 9.69. The van der Waals surface area contributed by atoms with Crippen LogP contribution in [0.5, 0.6) is 0 Å². The molecule has 1 amide bonds. The molecule has 2 aliphatic heterocycles. The third kappa shape index (κ3) is 2.63. The summed E-state index contributed by atoms with van der Waals surface area (Å²) in [5, 5.41) is 3.32. The van der Waals surface area contributed by atoms with Gasteiger partial charge in [0, 0.05) is 12.0 Å². The highest BCUT2D eigenvalue weighted by molar-refractivity contribution is 5.70. The summed E-state index contributed by atoms with van der Waals surface area (Å²) in [4.78, 5) is 13.7. The molecule has 2 aliphatic rings. The second-order valence-corrected chi connectivity index (χ2v) is 5.60. The zero-order chi connectivity index (χ0) is 14.0. The Balaban J connectivity index is 1.72. The van der Waals surface area contributed by atoms with E-state index >= 15 is 0 Å². The molecular weight excluding hydrogens is 259 g/mol. The van der Waals surface area contributed by atoms with Gasteiger partial charge in [-0.15, -0.1) is 0 Å². The molecule has 0 aromatic heterocycles. The van der Waals surface area contributed by atoms with Crippen LogP contribution in [0.4, 0.5) is 9.18 Å². The highest BCUT2D eigenvalue weighted by Gasteiger charge is 2.44. The van der Waals surface area contributed by atoms with E-state index in [0.29, 0.717) is 12.1 Å². The Morgan fingerprint density at radius 1 is 1.30 bits per heavy atom. The predicted octanol–water partition coefficient (Wildman–Crippen LogP) is 2.29. The van der Waals surface area contributed by atoms with E-state index in [4.69, 9.17) is 4.74 Å². The summed E-state index contributed by atoms with van der Waals surface area (Å²) in [6.45, 7) is 2.66. The Morgan fingerprint density at radius 2 is 2.15 bits per heavy atom. The maximum Gasteiger partial charge on any atom is 0.410 e. The minimum Gasteiger partial charge on any atom is -0.441 e. The predicted molar refractivity (Wildman–Crippen MR) is 72.7 cm³/mol. The summed E-state index contributed by atoms with van der Waals surface area (Å²) >= 11 is 0. The number of benzene rings is 1. The number of ether oxygens (including phenoxy) is 1. The fourth-order valence-corrected chi connectivity index (χ4v) is 3.01. The molecule has 108 valence electrons. The Labute approximate surface area is 117 Å². The van der Waals surface area contributed by atoms with Gasteiger partial charge in [-0.2, -0.15) is 0 Å². The van der Waals surface area contributed by atoms with Gasteiger partial charge in [-0.25, -0.2) is 9.18 Å². The van der Waals surface area contributed by atoms with Gasteiger partial charge in [0.15, 0.2) is 0 Å². The first kappa shape index (κ1) is 13.4. The minimum atomic E-state index is -0.383. The third-order valence-corrected chi connectivity index (χ3v) is 4.10. The topological polar surface area (TPSA) is 41.6 Å². The average Bonchev–Trinajstić information content (AvgIpc) is 2.61. The Bertz CT molecular complexity index is 498. The number of hydrogen-bond acceptors (Lipinski definition) is 3. The Hall–Kier alpha value is -1.62. The number of nitrogens with zero attached hydrogens (tertiary/aromatic N) is 1. The van der Waals surface area contributed by atoms with Gasteiger partial charge in [-0.05, 0) is 32.0 Å². The molecule has 1 atom stereocenters. The molecule has 4 nitrogen and oxygen atoms in total. The lowest BCUT2D eigenvalue weighted by atomic mass is 9.95. The average molecular weight is 278 g/mol. The van der Waals surface area contributed by atoms with Crippen LogP contribution >= 0.6 is 0 Å². The highest BCUT2D eigenvalue weighted by atomic mass is 19.1. The fourth-order valence-electron chi connectivity index (χ4n) is 3.01. The van der Waals surface area contributed by atoms with Crippen LogP contribution in [-0.2, 0) is 11.3 Å². The number of carbonyl (C=O) groups is 1. The lowest BCUT2D eigenvalue weighted by Gasteiger charge is -2.24. The van der Waals surface area contributed by atoms with E-state index in [1.54, 1.807) is 23.1 Å². The molecule has 20 heavy (non-hydrogen) atoms. The van der Waals surface area contributed by atoms with Crippen molar-refractivity contribution in [1.29, 1.82) is 0 Å². The highest BCUT2D eigenvalue weighted by Crippen LogP contribution is 2.32. The molecule has 0 bridgehead atoms. The second-order valence-electron chi connectivity index (χ2n) is 5.60. The van der Waals surface area contributed by atoms with E-state index in [0.717, 1.165) is 32.4 Å². The van der Waals surface area contributed by atoms with Crippen molar-refractivity contribution < 1.29 is 13.9 Å². The van der Waals surface area contributed by atoms with Crippen molar-refractivity contribution in [2.45, 2.75) is 31.4 Å². The molecule has 2 fully saturated rings. The van der Waals surface area contributed by atoms with Crippen LogP contribution in [0.25, 0.3) is 0 Å². The fraction of sp³-hybridized carbons (Fsp3) is 0.533. The number of hydrogen-bond donors (Lipinski definition) is 1. The van der Waals surface area contributed by atoms with E-state index in [9.17, 15) is 9.18 Å². The van der Waals surface area contributed by atoms with Crippen molar-refractivity contribution in [1.82, 2.24) is 10.2 Å². The third-order valence-electron chi connectivity index (χ3n) is 4.10. The first-order valence-electron chi connectivity index (χ1n) is 7.11. The molecule has 2 heterocycles. The van der Waals surface area contributed by atoms with E-state index in [1.807, 2.05) is 0 Å². The van der Waals surface area contributed by atoms with Crippen molar-refractivity contribution >= 4 is 6.09 Å². The van der Waals surface area contributed by atoms with E-state index < -0.39 is 0 Å². The maximum absolute atomic E-state index is 13.7. The molecule has 1 spiro atoms. The molecule has 0 aliphatic carbocycles. The van der Waals surface area contributed by atoms with Gasteiger partial charge in [-0.3, -0.25) is 4.90 Å². The number of nitrogens with one attached hydrogen (secondary N) is 1. The number of amides is 1.